The van der Waals surface area contributed by atoms with Gasteiger partial charge in [0.25, 0.3) is 0 Å². The topological polar surface area (TPSA) is 35.5 Å². The highest BCUT2D eigenvalue weighted by Crippen LogP contribution is 2.31. The zero-order valence-corrected chi connectivity index (χ0v) is 13.2. The number of hydrogen-bond acceptors (Lipinski definition) is 3. The molecule has 118 valence electrons. The van der Waals surface area contributed by atoms with Crippen molar-refractivity contribution >= 4 is 5.78 Å². The molecule has 0 unspecified atom stereocenters. The summed E-state index contributed by atoms with van der Waals surface area (Å²) in [5.41, 5.74) is 1.03. The lowest BCUT2D eigenvalue weighted by atomic mass is 9.86. The Balaban J connectivity index is 1.69. The van der Waals surface area contributed by atoms with Gasteiger partial charge in [0.05, 0.1) is 12.4 Å². The van der Waals surface area contributed by atoms with Gasteiger partial charge in [0.1, 0.15) is 11.5 Å². The lowest BCUT2D eigenvalue weighted by Crippen LogP contribution is -2.16. The normalized spacial score (nSPS) is 17.5. The van der Waals surface area contributed by atoms with Crippen molar-refractivity contribution in [1.82, 2.24) is 0 Å². The second-order valence-corrected chi connectivity index (χ2v) is 5.52. The van der Waals surface area contributed by atoms with Gasteiger partial charge in [0.2, 0.25) is 0 Å². The predicted octanol–water partition coefficient (Wildman–Crippen LogP) is 4.85. The lowest BCUT2D eigenvalue weighted by Gasteiger charge is -2.21. The molecule has 0 N–H and O–H groups in total. The van der Waals surface area contributed by atoms with Gasteiger partial charge in [0.15, 0.2) is 5.78 Å². The van der Waals surface area contributed by atoms with Gasteiger partial charge in [-0.05, 0) is 43.2 Å². The molecule has 0 aromatic heterocycles. The van der Waals surface area contributed by atoms with Crippen LogP contribution in [0.15, 0.2) is 66.4 Å². The van der Waals surface area contributed by atoms with E-state index in [1.807, 2.05) is 61.5 Å². The van der Waals surface area contributed by atoms with E-state index in [1.165, 1.54) is 0 Å². The fourth-order valence-electron chi connectivity index (χ4n) is 2.78. The minimum absolute atomic E-state index is 0.0787. The molecule has 1 aliphatic carbocycles. The van der Waals surface area contributed by atoms with Gasteiger partial charge >= 0.3 is 0 Å². The molecule has 0 bridgehead atoms. The number of carbonyl (C=O) groups excluding carboxylic acids is 1. The van der Waals surface area contributed by atoms with Gasteiger partial charge in [-0.15, -0.1) is 0 Å². The Kier molecular flexibility index (Phi) is 4.77. The highest BCUT2D eigenvalue weighted by molar-refractivity contribution is 5.96. The average Bonchev–Trinajstić information content (AvgIpc) is 2.57. The number of benzene rings is 2. The Labute approximate surface area is 136 Å². The number of allylic oxidation sites excluding steroid dienone is 2. The summed E-state index contributed by atoms with van der Waals surface area (Å²) in [6.45, 7) is 2.54. The van der Waals surface area contributed by atoms with E-state index in [9.17, 15) is 4.79 Å². The molecule has 23 heavy (non-hydrogen) atoms. The predicted molar refractivity (Wildman–Crippen MR) is 89.6 cm³/mol. The van der Waals surface area contributed by atoms with Crippen LogP contribution in [0.1, 0.15) is 31.2 Å². The van der Waals surface area contributed by atoms with Gasteiger partial charge < -0.3 is 9.47 Å². The van der Waals surface area contributed by atoms with E-state index >= 15 is 0 Å². The van der Waals surface area contributed by atoms with Crippen LogP contribution in [0.3, 0.4) is 0 Å². The molecular formula is C20H20O3. The molecular weight excluding hydrogens is 288 g/mol. The van der Waals surface area contributed by atoms with E-state index in [-0.39, 0.29) is 11.7 Å². The quantitative estimate of drug-likeness (QED) is 0.792. The lowest BCUT2D eigenvalue weighted by molar-refractivity contribution is -0.116. The molecule has 0 saturated carbocycles. The maximum atomic E-state index is 12.3. The third-order valence-corrected chi connectivity index (χ3v) is 3.92. The van der Waals surface area contributed by atoms with E-state index in [1.54, 1.807) is 6.08 Å². The molecule has 2 aromatic carbocycles. The minimum Gasteiger partial charge on any atom is -0.498 e. The molecule has 0 fully saturated rings. The third kappa shape index (κ3) is 3.81. The van der Waals surface area contributed by atoms with Crippen LogP contribution in [-0.2, 0) is 9.53 Å². The first-order valence-corrected chi connectivity index (χ1v) is 7.96. The summed E-state index contributed by atoms with van der Waals surface area (Å²) < 4.78 is 11.2. The maximum absolute atomic E-state index is 12.3. The summed E-state index contributed by atoms with van der Waals surface area (Å²) in [6.07, 6.45) is 3.25. The number of hydrogen-bond donors (Lipinski definition) is 0. The van der Waals surface area contributed by atoms with Gasteiger partial charge in [-0.25, -0.2) is 0 Å². The van der Waals surface area contributed by atoms with E-state index in [4.69, 9.17) is 9.47 Å². The number of rotatable bonds is 5. The van der Waals surface area contributed by atoms with Crippen LogP contribution in [0.25, 0.3) is 0 Å². The van der Waals surface area contributed by atoms with Crippen molar-refractivity contribution < 1.29 is 14.3 Å². The largest absolute Gasteiger partial charge is 0.498 e. The van der Waals surface area contributed by atoms with Crippen molar-refractivity contribution in [2.75, 3.05) is 6.61 Å². The van der Waals surface area contributed by atoms with Crippen LogP contribution in [0, 0.1) is 0 Å². The Morgan fingerprint density at radius 3 is 2.35 bits per heavy atom. The molecule has 0 spiro atoms. The summed E-state index contributed by atoms with van der Waals surface area (Å²) in [5, 5.41) is 0. The SMILES string of the molecule is CCOC1=CC(=O)[C@@H](c2ccc(Oc3ccccc3)cc2)CC1. The van der Waals surface area contributed by atoms with E-state index < -0.39 is 0 Å². The Morgan fingerprint density at radius 2 is 1.70 bits per heavy atom. The van der Waals surface area contributed by atoms with Crippen molar-refractivity contribution in [3.63, 3.8) is 0 Å². The van der Waals surface area contributed by atoms with Crippen molar-refractivity contribution in [3.05, 3.63) is 72.0 Å². The first kappa shape index (κ1) is 15.3. The molecule has 3 heteroatoms. The zero-order valence-electron chi connectivity index (χ0n) is 13.2. The molecule has 2 aromatic rings. The van der Waals surface area contributed by atoms with E-state index in [0.29, 0.717) is 6.61 Å². The molecule has 0 heterocycles. The number of ketones is 1. The first-order valence-electron chi connectivity index (χ1n) is 7.96. The van der Waals surface area contributed by atoms with E-state index in [0.717, 1.165) is 35.7 Å². The van der Waals surface area contributed by atoms with Crippen molar-refractivity contribution in [1.29, 1.82) is 0 Å². The number of para-hydroxylation sites is 1. The summed E-state index contributed by atoms with van der Waals surface area (Å²) in [7, 11) is 0. The summed E-state index contributed by atoms with van der Waals surface area (Å²) in [4.78, 5) is 12.3. The second-order valence-electron chi connectivity index (χ2n) is 5.52. The van der Waals surface area contributed by atoms with Crippen molar-refractivity contribution in [2.45, 2.75) is 25.7 Å². The fourth-order valence-corrected chi connectivity index (χ4v) is 2.78. The molecule has 3 nitrogen and oxygen atoms in total. The van der Waals surface area contributed by atoms with Crippen LogP contribution in [0.4, 0.5) is 0 Å². The van der Waals surface area contributed by atoms with Gasteiger partial charge in [0, 0.05) is 18.4 Å². The second kappa shape index (κ2) is 7.14. The zero-order chi connectivity index (χ0) is 16.1. The monoisotopic (exact) mass is 308 g/mol. The number of ether oxygens (including phenoxy) is 2. The summed E-state index contributed by atoms with van der Waals surface area (Å²) in [6, 6.07) is 17.4. The maximum Gasteiger partial charge on any atom is 0.166 e. The van der Waals surface area contributed by atoms with Crippen molar-refractivity contribution in [2.24, 2.45) is 0 Å². The van der Waals surface area contributed by atoms with Crippen LogP contribution in [0.5, 0.6) is 11.5 Å². The molecule has 0 saturated heterocycles. The average molecular weight is 308 g/mol. The van der Waals surface area contributed by atoms with E-state index in [2.05, 4.69) is 0 Å². The molecule has 3 rings (SSSR count). The third-order valence-electron chi connectivity index (χ3n) is 3.92. The molecule has 1 atom stereocenters. The highest BCUT2D eigenvalue weighted by Gasteiger charge is 2.24. The Hall–Kier alpha value is -2.55. The highest BCUT2D eigenvalue weighted by atomic mass is 16.5. The van der Waals surface area contributed by atoms with Gasteiger partial charge in [-0.3, -0.25) is 4.79 Å². The summed E-state index contributed by atoms with van der Waals surface area (Å²) in [5.74, 6) is 2.42. The molecule has 0 radical (unpaired) electrons. The van der Waals surface area contributed by atoms with Gasteiger partial charge in [-0.1, -0.05) is 30.3 Å². The molecule has 0 amide bonds. The van der Waals surface area contributed by atoms with Crippen LogP contribution in [-0.4, -0.2) is 12.4 Å². The number of carbonyl (C=O) groups is 1. The van der Waals surface area contributed by atoms with Gasteiger partial charge in [-0.2, -0.15) is 0 Å². The first-order chi connectivity index (χ1) is 11.3. The van der Waals surface area contributed by atoms with Crippen molar-refractivity contribution in [3.8, 4) is 11.5 Å². The summed E-state index contributed by atoms with van der Waals surface area (Å²) >= 11 is 0. The van der Waals surface area contributed by atoms with Crippen LogP contribution >= 0.6 is 0 Å². The molecule has 1 aliphatic rings. The minimum atomic E-state index is -0.0787. The smallest absolute Gasteiger partial charge is 0.166 e. The molecule has 0 aliphatic heterocycles. The standard InChI is InChI=1S/C20H20O3/c1-2-22-18-12-13-19(20(21)14-18)15-8-10-17(11-9-15)23-16-6-4-3-5-7-16/h3-11,14,19H,2,12-13H2,1H3/t19-/m1/s1. The Bertz CT molecular complexity index is 687. The van der Waals surface area contributed by atoms with Crippen LogP contribution in [0.2, 0.25) is 0 Å². The fraction of sp³-hybridized carbons (Fsp3) is 0.250. The van der Waals surface area contributed by atoms with Crippen LogP contribution < -0.4 is 4.74 Å². The Morgan fingerprint density at radius 1 is 1.00 bits per heavy atom.